The van der Waals surface area contributed by atoms with E-state index in [0.717, 1.165) is 11.7 Å². The van der Waals surface area contributed by atoms with Crippen LogP contribution in [0.15, 0.2) is 0 Å². The van der Waals surface area contributed by atoms with E-state index in [9.17, 15) is 0 Å². The smallest absolute Gasteiger partial charge is 0.0738 e. The summed E-state index contributed by atoms with van der Waals surface area (Å²) in [5.41, 5.74) is 0. The molecule has 2 unspecified atom stereocenters. The van der Waals surface area contributed by atoms with Gasteiger partial charge in [0, 0.05) is 0 Å². The van der Waals surface area contributed by atoms with Crippen molar-refractivity contribution >= 4 is 7.28 Å². The van der Waals surface area contributed by atoms with Crippen LogP contribution in [0, 0.1) is 5.92 Å². The number of hydrogen-bond acceptors (Lipinski definition) is 0. The molecule has 1 radical (unpaired) electrons. The fourth-order valence-electron chi connectivity index (χ4n) is 3.02. The molecule has 1 rings (SSSR count). The van der Waals surface area contributed by atoms with Gasteiger partial charge >= 0.3 is 0 Å². The van der Waals surface area contributed by atoms with Gasteiger partial charge in [0.2, 0.25) is 0 Å². The molecule has 1 heteroatoms. The second kappa shape index (κ2) is 5.96. The molecular weight excluding hydrogens is 179 g/mol. The molecule has 1 aliphatic carbocycles. The van der Waals surface area contributed by atoms with Crippen molar-refractivity contribution in [3.63, 3.8) is 0 Å². The summed E-state index contributed by atoms with van der Waals surface area (Å²) in [7, 11) is 2.60. The Labute approximate surface area is 97.5 Å². The Kier molecular flexibility index (Phi) is 5.22. The lowest BCUT2D eigenvalue weighted by molar-refractivity contribution is 0.423. The molecule has 15 heavy (non-hydrogen) atoms. The summed E-state index contributed by atoms with van der Waals surface area (Å²) < 4.78 is 0. The maximum absolute atomic E-state index is 2.60. The Balaban J connectivity index is 2.52. The topological polar surface area (TPSA) is 0 Å². The van der Waals surface area contributed by atoms with Crippen LogP contribution in [-0.4, -0.2) is 7.28 Å². The van der Waals surface area contributed by atoms with Gasteiger partial charge in [-0.05, 0) is 5.92 Å². The maximum atomic E-state index is 2.60. The highest BCUT2D eigenvalue weighted by Gasteiger charge is 2.27. The van der Waals surface area contributed by atoms with E-state index >= 15 is 0 Å². The molecule has 1 fully saturated rings. The molecule has 1 saturated carbocycles. The maximum Gasteiger partial charge on any atom is 0.120 e. The minimum absolute atomic E-state index is 0.521. The molecule has 0 aromatic heterocycles. The molecule has 0 aliphatic heterocycles. The lowest BCUT2D eigenvalue weighted by Crippen LogP contribution is -2.20. The molecule has 0 bridgehead atoms. The summed E-state index contributed by atoms with van der Waals surface area (Å²) in [6.45, 7) is 9.55. The third-order valence-corrected chi connectivity index (χ3v) is 3.89. The van der Waals surface area contributed by atoms with Crippen molar-refractivity contribution in [1.82, 2.24) is 0 Å². The van der Waals surface area contributed by atoms with Gasteiger partial charge in [-0.25, -0.2) is 0 Å². The zero-order valence-electron chi connectivity index (χ0n) is 11.2. The molecule has 2 atom stereocenters. The van der Waals surface area contributed by atoms with Crippen LogP contribution in [0.25, 0.3) is 0 Å². The average Bonchev–Trinajstić information content (AvgIpc) is 2.19. The number of rotatable bonds is 2. The van der Waals surface area contributed by atoms with Crippen molar-refractivity contribution in [2.45, 2.75) is 83.8 Å². The van der Waals surface area contributed by atoms with Gasteiger partial charge in [0.15, 0.2) is 0 Å². The van der Waals surface area contributed by atoms with Crippen molar-refractivity contribution in [1.29, 1.82) is 0 Å². The molecule has 0 N–H and O–H groups in total. The summed E-state index contributed by atoms with van der Waals surface area (Å²) in [6, 6.07) is 0. The highest BCUT2D eigenvalue weighted by Crippen LogP contribution is 2.41. The van der Waals surface area contributed by atoms with E-state index < -0.39 is 0 Å². The first kappa shape index (κ1) is 13.1. The fourth-order valence-corrected chi connectivity index (χ4v) is 3.02. The van der Waals surface area contributed by atoms with E-state index in [-0.39, 0.29) is 0 Å². The predicted molar refractivity (Wildman–Crippen MR) is 70.7 cm³/mol. The largest absolute Gasteiger partial charge is 0.120 e. The Morgan fingerprint density at radius 1 is 1.07 bits per heavy atom. The van der Waals surface area contributed by atoms with Gasteiger partial charge in [-0.15, -0.1) is 0 Å². The second-order valence-corrected chi connectivity index (χ2v) is 6.31. The first-order chi connectivity index (χ1) is 7.02. The van der Waals surface area contributed by atoms with Gasteiger partial charge in [-0.3, -0.25) is 0 Å². The van der Waals surface area contributed by atoms with E-state index in [1.54, 1.807) is 0 Å². The summed E-state index contributed by atoms with van der Waals surface area (Å²) in [6.07, 6.45) is 10.1. The van der Waals surface area contributed by atoms with Crippen LogP contribution in [0.3, 0.4) is 0 Å². The SMILES string of the molecule is CC(C)[B]C1(C)CCCCCC(C)CC1. The highest BCUT2D eigenvalue weighted by atomic mass is 14.2. The van der Waals surface area contributed by atoms with Crippen LogP contribution in [0.5, 0.6) is 0 Å². The zero-order valence-corrected chi connectivity index (χ0v) is 11.2. The lowest BCUT2D eigenvalue weighted by Gasteiger charge is -2.31. The molecule has 0 spiro atoms. The summed E-state index contributed by atoms with van der Waals surface area (Å²) in [5.74, 6) is 1.69. The van der Waals surface area contributed by atoms with Gasteiger partial charge in [-0.2, -0.15) is 0 Å². The first-order valence-corrected chi connectivity index (χ1v) is 6.88. The van der Waals surface area contributed by atoms with Gasteiger partial charge in [-0.1, -0.05) is 83.8 Å². The van der Waals surface area contributed by atoms with Crippen molar-refractivity contribution in [2.24, 2.45) is 5.92 Å². The Hall–Kier alpha value is 0.0649. The van der Waals surface area contributed by atoms with Gasteiger partial charge in [0.1, 0.15) is 7.28 Å². The van der Waals surface area contributed by atoms with E-state index in [4.69, 9.17) is 0 Å². The predicted octanol–water partition coefficient (Wildman–Crippen LogP) is 5.08. The van der Waals surface area contributed by atoms with Crippen LogP contribution in [0.2, 0.25) is 11.1 Å². The Bertz CT molecular complexity index is 176. The molecule has 0 amide bonds. The van der Waals surface area contributed by atoms with E-state index in [1.165, 1.54) is 44.9 Å². The zero-order chi connectivity index (χ0) is 11.3. The van der Waals surface area contributed by atoms with Crippen LogP contribution in [0.4, 0.5) is 0 Å². The van der Waals surface area contributed by atoms with Crippen LogP contribution < -0.4 is 0 Å². The third-order valence-electron chi connectivity index (χ3n) is 3.89. The minimum atomic E-state index is 0.521. The summed E-state index contributed by atoms with van der Waals surface area (Å²) >= 11 is 0. The molecule has 0 aromatic carbocycles. The third kappa shape index (κ3) is 5.09. The van der Waals surface area contributed by atoms with Crippen LogP contribution in [-0.2, 0) is 0 Å². The number of hydrogen-bond donors (Lipinski definition) is 0. The lowest BCUT2D eigenvalue weighted by atomic mass is 9.44. The van der Waals surface area contributed by atoms with Crippen molar-refractivity contribution < 1.29 is 0 Å². The van der Waals surface area contributed by atoms with Crippen LogP contribution in [0.1, 0.15) is 72.6 Å². The molecule has 0 saturated heterocycles. The van der Waals surface area contributed by atoms with Crippen LogP contribution >= 0.6 is 0 Å². The van der Waals surface area contributed by atoms with Crippen molar-refractivity contribution in [2.75, 3.05) is 0 Å². The van der Waals surface area contributed by atoms with Crippen molar-refractivity contribution in [3.05, 3.63) is 0 Å². The first-order valence-electron chi connectivity index (χ1n) is 6.88. The van der Waals surface area contributed by atoms with E-state index in [1.807, 2.05) is 0 Å². The molecule has 0 aromatic rings. The molecular formula is C14H28B. The Morgan fingerprint density at radius 3 is 2.47 bits per heavy atom. The molecule has 1 aliphatic rings. The molecule has 87 valence electrons. The van der Waals surface area contributed by atoms with E-state index in [2.05, 4.69) is 35.0 Å². The standard InChI is InChI=1S/C14H28B/c1-12(2)15-14(4)10-7-5-6-8-13(3)9-11-14/h12-13H,5-11H2,1-4H3. The van der Waals surface area contributed by atoms with Crippen molar-refractivity contribution in [3.8, 4) is 0 Å². The van der Waals surface area contributed by atoms with Gasteiger partial charge in [0.25, 0.3) is 0 Å². The average molecular weight is 207 g/mol. The van der Waals surface area contributed by atoms with E-state index in [0.29, 0.717) is 5.31 Å². The quantitative estimate of drug-likeness (QED) is 0.554. The Morgan fingerprint density at radius 2 is 1.80 bits per heavy atom. The van der Waals surface area contributed by atoms with Gasteiger partial charge in [0.05, 0.1) is 0 Å². The molecule has 0 heterocycles. The molecule has 0 nitrogen and oxygen atoms in total. The summed E-state index contributed by atoms with van der Waals surface area (Å²) in [5, 5.41) is 0.521. The minimum Gasteiger partial charge on any atom is -0.0738 e. The normalized spacial score (nSPS) is 34.3. The monoisotopic (exact) mass is 207 g/mol. The summed E-state index contributed by atoms with van der Waals surface area (Å²) in [4.78, 5) is 0. The van der Waals surface area contributed by atoms with Gasteiger partial charge < -0.3 is 0 Å². The second-order valence-electron chi connectivity index (χ2n) is 6.31. The fraction of sp³-hybridized carbons (Fsp3) is 1.00. The highest BCUT2D eigenvalue weighted by molar-refractivity contribution is 6.41.